The van der Waals surface area contributed by atoms with E-state index in [0.29, 0.717) is 5.01 Å². The van der Waals surface area contributed by atoms with Crippen molar-refractivity contribution in [2.75, 3.05) is 13.2 Å². The van der Waals surface area contributed by atoms with Crippen LogP contribution >= 0.6 is 22.7 Å². The first-order valence-electron chi connectivity index (χ1n) is 6.23. The van der Waals surface area contributed by atoms with Crippen LogP contribution in [-0.2, 0) is 14.3 Å². The predicted molar refractivity (Wildman–Crippen MR) is 80.9 cm³/mol. The number of alkyl carbamates (subject to hydrolysis) is 1. The number of esters is 1. The average molecular weight is 340 g/mol. The molecule has 0 aliphatic carbocycles. The number of hydrogen-bond donors (Lipinski definition) is 1. The third-order valence-corrected chi connectivity index (χ3v) is 4.18. The summed E-state index contributed by atoms with van der Waals surface area (Å²) in [5.74, 6) is -1.49. The van der Waals surface area contributed by atoms with Gasteiger partial charge in [0.1, 0.15) is 5.01 Å². The van der Waals surface area contributed by atoms with Crippen molar-refractivity contribution in [3.63, 3.8) is 0 Å². The van der Waals surface area contributed by atoms with Gasteiger partial charge < -0.3 is 9.47 Å². The standard InChI is InChI=1S/C13H12N2O5S2/c1-2-19-13(18)15-10(16)6-20-12(17)8-7-22-11(14-8)9-4-3-5-21-9/h3-5,7H,2,6H2,1H3,(H,15,16,18). The van der Waals surface area contributed by atoms with E-state index in [-0.39, 0.29) is 12.3 Å². The first-order valence-corrected chi connectivity index (χ1v) is 7.99. The van der Waals surface area contributed by atoms with Crippen molar-refractivity contribution in [1.82, 2.24) is 10.3 Å². The number of imide groups is 1. The molecule has 0 aliphatic rings. The molecule has 0 bridgehead atoms. The maximum absolute atomic E-state index is 11.8. The molecule has 2 heterocycles. The zero-order valence-corrected chi connectivity index (χ0v) is 13.2. The summed E-state index contributed by atoms with van der Waals surface area (Å²) in [6.07, 6.45) is -0.878. The van der Waals surface area contributed by atoms with Crippen LogP contribution in [0.5, 0.6) is 0 Å². The monoisotopic (exact) mass is 340 g/mol. The number of amides is 2. The van der Waals surface area contributed by atoms with Crippen molar-refractivity contribution in [1.29, 1.82) is 0 Å². The smallest absolute Gasteiger partial charge is 0.413 e. The molecule has 0 atom stereocenters. The molecule has 2 amide bonds. The highest BCUT2D eigenvalue weighted by molar-refractivity contribution is 7.20. The van der Waals surface area contributed by atoms with Gasteiger partial charge in [-0.2, -0.15) is 0 Å². The van der Waals surface area contributed by atoms with E-state index in [9.17, 15) is 14.4 Å². The largest absolute Gasteiger partial charge is 0.451 e. The third kappa shape index (κ3) is 4.37. The predicted octanol–water partition coefficient (Wildman–Crippen LogP) is 2.30. The Bertz CT molecular complexity index is 666. The number of hydrogen-bond acceptors (Lipinski definition) is 8. The van der Waals surface area contributed by atoms with E-state index in [4.69, 9.17) is 4.74 Å². The van der Waals surface area contributed by atoms with Crippen LogP contribution in [0, 0.1) is 0 Å². The number of nitrogens with one attached hydrogen (secondary N) is 1. The summed E-state index contributed by atoms with van der Waals surface area (Å²) in [7, 11) is 0. The van der Waals surface area contributed by atoms with Gasteiger partial charge in [0.2, 0.25) is 0 Å². The summed E-state index contributed by atoms with van der Waals surface area (Å²) in [4.78, 5) is 39.2. The Labute approximate surface area is 133 Å². The minimum atomic E-state index is -0.878. The Morgan fingerprint density at radius 2 is 2.09 bits per heavy atom. The van der Waals surface area contributed by atoms with Crippen molar-refractivity contribution in [3.05, 3.63) is 28.6 Å². The Hall–Kier alpha value is -2.26. The molecule has 1 N–H and O–H groups in total. The Morgan fingerprint density at radius 1 is 1.27 bits per heavy atom. The van der Waals surface area contributed by atoms with Crippen LogP contribution in [0.15, 0.2) is 22.9 Å². The molecule has 0 saturated carbocycles. The highest BCUT2D eigenvalue weighted by atomic mass is 32.1. The molecule has 2 aromatic rings. The molecule has 22 heavy (non-hydrogen) atoms. The number of rotatable bonds is 5. The summed E-state index contributed by atoms with van der Waals surface area (Å²) in [5, 5.41) is 6.10. The van der Waals surface area contributed by atoms with Gasteiger partial charge in [0, 0.05) is 5.38 Å². The second-order valence-electron chi connectivity index (χ2n) is 3.86. The van der Waals surface area contributed by atoms with E-state index in [1.54, 1.807) is 12.3 Å². The highest BCUT2D eigenvalue weighted by Gasteiger charge is 2.16. The Kier molecular flexibility index (Phi) is 5.61. The molecule has 0 aliphatic heterocycles. The number of aromatic nitrogens is 1. The van der Waals surface area contributed by atoms with E-state index in [1.165, 1.54) is 22.7 Å². The average Bonchev–Trinajstić information content (AvgIpc) is 3.15. The summed E-state index contributed by atoms with van der Waals surface area (Å²) in [6.45, 7) is 1.17. The lowest BCUT2D eigenvalue weighted by atomic mass is 10.4. The molecule has 2 rings (SSSR count). The molecule has 116 valence electrons. The van der Waals surface area contributed by atoms with Crippen LogP contribution in [0.25, 0.3) is 9.88 Å². The number of carbonyl (C=O) groups excluding carboxylic acids is 3. The third-order valence-electron chi connectivity index (χ3n) is 2.30. The lowest BCUT2D eigenvalue weighted by Gasteiger charge is -2.04. The second-order valence-corrected chi connectivity index (χ2v) is 5.67. The zero-order valence-electron chi connectivity index (χ0n) is 11.5. The van der Waals surface area contributed by atoms with Gasteiger partial charge in [-0.25, -0.2) is 14.6 Å². The maximum atomic E-state index is 11.8. The number of thiazole rings is 1. The van der Waals surface area contributed by atoms with Crippen LogP contribution in [-0.4, -0.2) is 36.2 Å². The van der Waals surface area contributed by atoms with E-state index in [2.05, 4.69) is 9.72 Å². The van der Waals surface area contributed by atoms with Crippen LogP contribution < -0.4 is 5.32 Å². The summed E-state index contributed by atoms with van der Waals surface area (Å²) >= 11 is 2.82. The topological polar surface area (TPSA) is 94.6 Å². The minimum absolute atomic E-state index is 0.123. The molecule has 0 aromatic carbocycles. The lowest BCUT2D eigenvalue weighted by Crippen LogP contribution is -2.34. The fourth-order valence-electron chi connectivity index (χ4n) is 1.40. The second kappa shape index (κ2) is 7.66. The molecule has 2 aromatic heterocycles. The summed E-state index contributed by atoms with van der Waals surface area (Å²) in [6, 6.07) is 3.78. The van der Waals surface area contributed by atoms with Crippen molar-refractivity contribution in [2.45, 2.75) is 6.92 Å². The molecule has 7 nitrogen and oxygen atoms in total. The van der Waals surface area contributed by atoms with Gasteiger partial charge in [-0.3, -0.25) is 10.1 Å². The van der Waals surface area contributed by atoms with E-state index in [1.807, 2.05) is 22.8 Å². The SMILES string of the molecule is CCOC(=O)NC(=O)COC(=O)c1csc(-c2cccs2)n1. The maximum Gasteiger partial charge on any atom is 0.413 e. The van der Waals surface area contributed by atoms with Gasteiger partial charge in [0.15, 0.2) is 12.3 Å². The Balaban J connectivity index is 1.85. The zero-order chi connectivity index (χ0) is 15.9. The van der Waals surface area contributed by atoms with Gasteiger partial charge in [0.25, 0.3) is 5.91 Å². The highest BCUT2D eigenvalue weighted by Crippen LogP contribution is 2.27. The molecule has 0 fully saturated rings. The van der Waals surface area contributed by atoms with Crippen molar-refractivity contribution in [2.24, 2.45) is 0 Å². The number of ether oxygens (including phenoxy) is 2. The molecule has 0 radical (unpaired) electrons. The molecule has 0 unspecified atom stereocenters. The first kappa shape index (κ1) is 16.1. The molecular weight excluding hydrogens is 328 g/mol. The van der Waals surface area contributed by atoms with Gasteiger partial charge in [-0.15, -0.1) is 22.7 Å². The normalized spacial score (nSPS) is 10.0. The molecule has 9 heteroatoms. The summed E-state index contributed by atoms with van der Waals surface area (Å²) in [5.41, 5.74) is 0.123. The van der Waals surface area contributed by atoms with E-state index in [0.717, 1.165) is 4.88 Å². The van der Waals surface area contributed by atoms with Gasteiger partial charge in [0.05, 0.1) is 11.5 Å². The number of thiophene rings is 1. The Morgan fingerprint density at radius 3 is 2.77 bits per heavy atom. The number of carbonyl (C=O) groups is 3. The number of nitrogens with zero attached hydrogens (tertiary/aromatic N) is 1. The van der Waals surface area contributed by atoms with Gasteiger partial charge >= 0.3 is 12.1 Å². The first-order chi connectivity index (χ1) is 10.6. The molecule has 0 saturated heterocycles. The van der Waals surface area contributed by atoms with E-state index >= 15 is 0 Å². The van der Waals surface area contributed by atoms with Crippen LogP contribution in [0.2, 0.25) is 0 Å². The van der Waals surface area contributed by atoms with Gasteiger partial charge in [-0.05, 0) is 18.4 Å². The van der Waals surface area contributed by atoms with Crippen molar-refractivity contribution >= 4 is 40.6 Å². The van der Waals surface area contributed by atoms with Crippen LogP contribution in [0.4, 0.5) is 4.79 Å². The van der Waals surface area contributed by atoms with Crippen LogP contribution in [0.3, 0.4) is 0 Å². The fourth-order valence-corrected chi connectivity index (χ4v) is 3.01. The molecule has 0 spiro atoms. The quantitative estimate of drug-likeness (QED) is 0.839. The minimum Gasteiger partial charge on any atom is -0.451 e. The lowest BCUT2D eigenvalue weighted by molar-refractivity contribution is -0.123. The van der Waals surface area contributed by atoms with Crippen LogP contribution in [0.1, 0.15) is 17.4 Å². The van der Waals surface area contributed by atoms with Crippen molar-refractivity contribution in [3.8, 4) is 9.88 Å². The van der Waals surface area contributed by atoms with E-state index < -0.39 is 24.6 Å². The van der Waals surface area contributed by atoms with Gasteiger partial charge in [-0.1, -0.05) is 6.07 Å². The fraction of sp³-hybridized carbons (Fsp3) is 0.231. The van der Waals surface area contributed by atoms with Crippen molar-refractivity contribution < 1.29 is 23.9 Å². The molecular formula is C13H12N2O5S2. The summed E-state index contributed by atoms with van der Waals surface area (Å²) < 4.78 is 9.32.